The summed E-state index contributed by atoms with van der Waals surface area (Å²) in [5, 5.41) is 2.54. The Morgan fingerprint density at radius 3 is 2.54 bits per heavy atom. The van der Waals surface area contributed by atoms with E-state index < -0.39 is 16.1 Å². The number of nitrogens with zero attached hydrogens (tertiary/aromatic N) is 2. The molecule has 0 fully saturated rings. The zero-order valence-corrected chi connectivity index (χ0v) is 15.7. The summed E-state index contributed by atoms with van der Waals surface area (Å²) >= 11 is 0. The van der Waals surface area contributed by atoms with E-state index >= 15 is 0 Å². The number of aromatic nitrogens is 1. The summed E-state index contributed by atoms with van der Waals surface area (Å²) in [5.41, 5.74) is 1.65. The number of carbonyl (C=O) groups excluding carboxylic acids is 1. The van der Waals surface area contributed by atoms with Gasteiger partial charge in [-0.3, -0.25) is 9.78 Å². The molecule has 7 heteroatoms. The molecule has 0 saturated heterocycles. The Morgan fingerprint density at radius 2 is 2.00 bits per heavy atom. The van der Waals surface area contributed by atoms with E-state index in [0.29, 0.717) is 5.56 Å². The maximum absolute atomic E-state index is 13.3. The van der Waals surface area contributed by atoms with Crippen molar-refractivity contribution in [1.82, 2.24) is 14.6 Å². The summed E-state index contributed by atoms with van der Waals surface area (Å²) in [7, 11) is -2.41. The molecule has 0 aliphatic carbocycles. The molecule has 26 heavy (non-hydrogen) atoms. The first kappa shape index (κ1) is 19.8. The van der Waals surface area contributed by atoms with Gasteiger partial charge in [-0.05, 0) is 37.1 Å². The van der Waals surface area contributed by atoms with E-state index in [1.54, 1.807) is 54.9 Å². The molecule has 2 aromatic rings. The topological polar surface area (TPSA) is 79.4 Å². The Bertz CT molecular complexity index is 849. The smallest absolute Gasteiger partial charge is 0.244 e. The standard InChI is InChI=1S/C19H23N3O3S/c1-4-6-18(19(23)20-3)22(14-16-7-5-12-21-13-16)26(24,25)17-10-8-15(2)9-11-17/h4-5,7-13,18H,1,6,14H2,2-3H3,(H,20,23)/t18-/m0/s1. The van der Waals surface area contributed by atoms with E-state index in [2.05, 4.69) is 16.9 Å². The summed E-state index contributed by atoms with van der Waals surface area (Å²) < 4.78 is 27.8. The van der Waals surface area contributed by atoms with Crippen molar-refractivity contribution in [2.24, 2.45) is 0 Å². The normalized spacial score (nSPS) is 12.6. The largest absolute Gasteiger partial charge is 0.358 e. The Hall–Kier alpha value is -2.51. The molecule has 0 aliphatic heterocycles. The highest BCUT2D eigenvalue weighted by atomic mass is 32.2. The lowest BCUT2D eigenvalue weighted by Gasteiger charge is -2.29. The summed E-state index contributed by atoms with van der Waals surface area (Å²) in [6, 6.07) is 9.18. The van der Waals surface area contributed by atoms with Gasteiger partial charge in [-0.2, -0.15) is 4.31 Å². The van der Waals surface area contributed by atoms with Crippen LogP contribution in [0.2, 0.25) is 0 Å². The highest BCUT2D eigenvalue weighted by Crippen LogP contribution is 2.23. The first-order valence-electron chi connectivity index (χ1n) is 8.20. The van der Waals surface area contributed by atoms with Crippen LogP contribution >= 0.6 is 0 Å². The van der Waals surface area contributed by atoms with Gasteiger partial charge in [0.1, 0.15) is 6.04 Å². The molecule has 0 aliphatic rings. The number of hydrogen-bond donors (Lipinski definition) is 1. The van der Waals surface area contributed by atoms with E-state index in [4.69, 9.17) is 0 Å². The van der Waals surface area contributed by atoms with Crippen LogP contribution in [0, 0.1) is 6.92 Å². The summed E-state index contributed by atoms with van der Waals surface area (Å²) in [6.07, 6.45) is 4.95. The number of amides is 1. The van der Waals surface area contributed by atoms with Crippen LogP contribution in [0.3, 0.4) is 0 Å². The molecule has 0 unspecified atom stereocenters. The van der Waals surface area contributed by atoms with Crippen LogP contribution in [0.25, 0.3) is 0 Å². The first-order chi connectivity index (χ1) is 12.4. The summed E-state index contributed by atoms with van der Waals surface area (Å²) in [5.74, 6) is -0.385. The zero-order valence-electron chi connectivity index (χ0n) is 14.9. The number of likely N-dealkylation sites (N-methyl/N-ethyl adjacent to an activating group) is 1. The Labute approximate surface area is 154 Å². The third-order valence-corrected chi connectivity index (χ3v) is 5.84. The van der Waals surface area contributed by atoms with Gasteiger partial charge in [0.25, 0.3) is 0 Å². The molecule has 1 N–H and O–H groups in total. The molecule has 0 radical (unpaired) electrons. The lowest BCUT2D eigenvalue weighted by molar-refractivity contribution is -0.124. The van der Waals surface area contributed by atoms with Gasteiger partial charge in [-0.25, -0.2) is 8.42 Å². The minimum absolute atomic E-state index is 0.0377. The van der Waals surface area contributed by atoms with Crippen LogP contribution in [0.5, 0.6) is 0 Å². The number of sulfonamides is 1. The monoisotopic (exact) mass is 373 g/mol. The molecule has 1 atom stereocenters. The van der Waals surface area contributed by atoms with Crippen molar-refractivity contribution < 1.29 is 13.2 Å². The molecule has 0 saturated carbocycles. The number of rotatable bonds is 8. The number of pyridine rings is 1. The fourth-order valence-electron chi connectivity index (χ4n) is 2.56. The maximum Gasteiger partial charge on any atom is 0.244 e. The van der Waals surface area contributed by atoms with Gasteiger partial charge in [-0.15, -0.1) is 6.58 Å². The number of nitrogens with one attached hydrogen (secondary N) is 1. The molecule has 6 nitrogen and oxygen atoms in total. The predicted molar refractivity (Wildman–Crippen MR) is 101 cm³/mol. The molecule has 0 bridgehead atoms. The average molecular weight is 373 g/mol. The second kappa shape index (κ2) is 8.73. The van der Waals surface area contributed by atoms with Crippen molar-refractivity contribution in [1.29, 1.82) is 0 Å². The van der Waals surface area contributed by atoms with Gasteiger partial charge in [0, 0.05) is 26.0 Å². The Balaban J connectivity index is 2.52. The van der Waals surface area contributed by atoms with Crippen molar-refractivity contribution in [3.8, 4) is 0 Å². The molecule has 1 aromatic carbocycles. The number of hydrogen-bond acceptors (Lipinski definition) is 4. The Morgan fingerprint density at radius 1 is 1.31 bits per heavy atom. The zero-order chi connectivity index (χ0) is 19.2. The van der Waals surface area contributed by atoms with Gasteiger partial charge in [0.15, 0.2) is 0 Å². The van der Waals surface area contributed by atoms with Crippen molar-refractivity contribution in [3.05, 3.63) is 72.6 Å². The summed E-state index contributed by atoms with van der Waals surface area (Å²) in [4.78, 5) is 16.6. The molecule has 1 amide bonds. The average Bonchev–Trinajstić information content (AvgIpc) is 2.65. The quantitative estimate of drug-likeness (QED) is 0.720. The maximum atomic E-state index is 13.3. The van der Waals surface area contributed by atoms with E-state index in [1.165, 1.54) is 11.4 Å². The minimum Gasteiger partial charge on any atom is -0.358 e. The minimum atomic E-state index is -3.90. The Kier molecular flexibility index (Phi) is 6.65. The second-order valence-electron chi connectivity index (χ2n) is 5.88. The fraction of sp³-hybridized carbons (Fsp3) is 0.263. The van der Waals surface area contributed by atoms with Crippen molar-refractivity contribution in [2.75, 3.05) is 7.05 Å². The molecule has 0 spiro atoms. The lowest BCUT2D eigenvalue weighted by atomic mass is 10.1. The lowest BCUT2D eigenvalue weighted by Crippen LogP contribution is -2.48. The van der Waals surface area contributed by atoms with Gasteiger partial charge in [0.2, 0.25) is 15.9 Å². The number of carbonyl (C=O) groups is 1. The van der Waals surface area contributed by atoms with Gasteiger partial charge in [0.05, 0.1) is 4.90 Å². The van der Waals surface area contributed by atoms with Crippen LogP contribution in [0.1, 0.15) is 17.5 Å². The highest BCUT2D eigenvalue weighted by Gasteiger charge is 2.35. The molecule has 138 valence electrons. The summed E-state index contributed by atoms with van der Waals surface area (Å²) in [6.45, 7) is 5.58. The van der Waals surface area contributed by atoms with Gasteiger partial charge >= 0.3 is 0 Å². The van der Waals surface area contributed by atoms with Gasteiger partial charge < -0.3 is 5.32 Å². The fourth-order valence-corrected chi connectivity index (χ4v) is 4.15. The van der Waals surface area contributed by atoms with E-state index in [9.17, 15) is 13.2 Å². The first-order valence-corrected chi connectivity index (χ1v) is 9.64. The molecular formula is C19H23N3O3S. The van der Waals surface area contributed by atoms with E-state index in [0.717, 1.165) is 5.56 Å². The van der Waals surface area contributed by atoms with E-state index in [1.807, 2.05) is 6.92 Å². The van der Waals surface area contributed by atoms with Crippen molar-refractivity contribution >= 4 is 15.9 Å². The third kappa shape index (κ3) is 4.56. The molecule has 1 aromatic heterocycles. The van der Waals surface area contributed by atoms with Crippen LogP contribution < -0.4 is 5.32 Å². The van der Waals surface area contributed by atoms with Crippen molar-refractivity contribution in [2.45, 2.75) is 30.8 Å². The van der Waals surface area contributed by atoms with Crippen LogP contribution in [-0.2, 0) is 21.4 Å². The molecule has 2 rings (SSSR count). The van der Waals surface area contributed by atoms with Gasteiger partial charge in [-0.1, -0.05) is 29.8 Å². The number of benzene rings is 1. The molecular weight excluding hydrogens is 350 g/mol. The van der Waals surface area contributed by atoms with Crippen LogP contribution in [-0.4, -0.2) is 36.7 Å². The van der Waals surface area contributed by atoms with Crippen LogP contribution in [0.4, 0.5) is 0 Å². The highest BCUT2D eigenvalue weighted by molar-refractivity contribution is 7.89. The van der Waals surface area contributed by atoms with Crippen molar-refractivity contribution in [3.63, 3.8) is 0 Å². The second-order valence-corrected chi connectivity index (χ2v) is 7.77. The van der Waals surface area contributed by atoms with Crippen LogP contribution in [0.15, 0.2) is 66.3 Å². The number of aryl methyl sites for hydroxylation is 1. The predicted octanol–water partition coefficient (Wildman–Crippen LogP) is 2.27. The molecule has 1 heterocycles. The SMILES string of the molecule is C=CC[C@@H](C(=O)NC)N(Cc1cccnc1)S(=O)(=O)c1ccc(C)cc1. The van der Waals surface area contributed by atoms with E-state index in [-0.39, 0.29) is 23.8 Å². The third-order valence-electron chi connectivity index (χ3n) is 3.98.